The number of unbranched alkanes of at least 4 members (excludes halogenated alkanes) is 1. The van der Waals surface area contributed by atoms with Crippen molar-refractivity contribution >= 4 is 21.5 Å². The maximum Gasteiger partial charge on any atom is 1.00 e. The normalized spacial score (nSPS) is 11.5. The van der Waals surface area contributed by atoms with Gasteiger partial charge in [-0.25, -0.2) is 8.42 Å². The number of hydrogen-bond acceptors (Lipinski definition) is 5. The summed E-state index contributed by atoms with van der Waals surface area (Å²) in [5, 5.41) is 4.13. The summed E-state index contributed by atoms with van der Waals surface area (Å²) in [7, 11) is -2.05. The Hall–Kier alpha value is 0.167. The molecule has 0 amide bonds. The monoisotopic (exact) mass is 269 g/mol. The van der Waals surface area contributed by atoms with Crippen molar-refractivity contribution in [3.05, 3.63) is 22.4 Å². The number of nitrogens with zero attached hydrogens (tertiary/aromatic N) is 1. The molecule has 0 atom stereocenters. The second kappa shape index (κ2) is 8.30. The maximum atomic E-state index is 10.4. The molecule has 0 aliphatic carbocycles. The van der Waals surface area contributed by atoms with Crippen molar-refractivity contribution in [1.29, 1.82) is 0 Å². The second-order valence-corrected chi connectivity index (χ2v) is 6.14. The Labute approximate surface area is 119 Å². The van der Waals surface area contributed by atoms with E-state index in [1.165, 1.54) is 5.56 Å². The third-order valence-corrected chi connectivity index (χ3v) is 3.74. The Morgan fingerprint density at radius 1 is 1.41 bits per heavy atom. The van der Waals surface area contributed by atoms with Crippen molar-refractivity contribution in [2.24, 2.45) is 0 Å². The van der Waals surface area contributed by atoms with Gasteiger partial charge >= 0.3 is 18.9 Å². The third kappa shape index (κ3) is 8.83. The largest absolute Gasteiger partial charge is 1.00 e. The summed E-state index contributed by atoms with van der Waals surface area (Å²) in [5.41, 5.74) is 1.27. The first-order chi connectivity index (χ1) is 7.47. The molecule has 0 saturated carbocycles. The van der Waals surface area contributed by atoms with Crippen molar-refractivity contribution in [2.75, 3.05) is 19.3 Å². The van der Waals surface area contributed by atoms with Crippen LogP contribution < -0.4 is 18.9 Å². The molecule has 1 aromatic heterocycles. The van der Waals surface area contributed by atoms with E-state index >= 15 is 0 Å². The summed E-state index contributed by atoms with van der Waals surface area (Å²) >= 11 is 1.67. The molecule has 0 N–H and O–H groups in total. The van der Waals surface area contributed by atoms with E-state index in [1.807, 2.05) is 12.4 Å². The van der Waals surface area contributed by atoms with E-state index in [4.69, 9.17) is 0 Å². The summed E-state index contributed by atoms with van der Waals surface area (Å²) in [6, 6.07) is 2.07. The molecule has 4 nitrogen and oxygen atoms in total. The average Bonchev–Trinajstić information content (AvgIpc) is 2.63. The molecule has 0 aliphatic heterocycles. The Bertz CT molecular complexity index is 392. The van der Waals surface area contributed by atoms with Gasteiger partial charge in [0.2, 0.25) is 0 Å². The molecule has 7 heteroatoms. The molecule has 0 saturated heterocycles. The van der Waals surface area contributed by atoms with E-state index in [0.717, 1.165) is 19.5 Å². The van der Waals surface area contributed by atoms with E-state index < -0.39 is 10.1 Å². The predicted molar refractivity (Wildman–Crippen MR) is 64.5 cm³/mol. The molecule has 0 aromatic carbocycles. The molecular formula is C10H16LiNO3S2. The first-order valence-electron chi connectivity index (χ1n) is 5.10. The van der Waals surface area contributed by atoms with E-state index in [2.05, 4.69) is 16.3 Å². The molecule has 17 heavy (non-hydrogen) atoms. The molecule has 0 unspecified atom stereocenters. The smallest absolute Gasteiger partial charge is 0.748 e. The Morgan fingerprint density at radius 3 is 2.65 bits per heavy atom. The topological polar surface area (TPSA) is 60.4 Å². The Balaban J connectivity index is 0.00000256. The minimum Gasteiger partial charge on any atom is -0.748 e. The van der Waals surface area contributed by atoms with Crippen LogP contribution in [0.25, 0.3) is 0 Å². The molecule has 1 heterocycles. The van der Waals surface area contributed by atoms with Crippen LogP contribution in [-0.2, 0) is 16.7 Å². The van der Waals surface area contributed by atoms with Crippen LogP contribution in [0.5, 0.6) is 0 Å². The van der Waals surface area contributed by atoms with Gasteiger partial charge in [0.1, 0.15) is 0 Å². The van der Waals surface area contributed by atoms with Gasteiger partial charge in [0, 0.05) is 12.3 Å². The van der Waals surface area contributed by atoms with Gasteiger partial charge in [-0.3, -0.25) is 0 Å². The Morgan fingerprint density at radius 2 is 2.12 bits per heavy atom. The predicted octanol–water partition coefficient (Wildman–Crippen LogP) is -1.49. The zero-order valence-electron chi connectivity index (χ0n) is 10.3. The molecule has 0 bridgehead atoms. The van der Waals surface area contributed by atoms with E-state index in [9.17, 15) is 13.0 Å². The van der Waals surface area contributed by atoms with Crippen molar-refractivity contribution in [3.63, 3.8) is 0 Å². The molecule has 0 aliphatic rings. The van der Waals surface area contributed by atoms with Crippen LogP contribution in [0.15, 0.2) is 16.8 Å². The quantitative estimate of drug-likeness (QED) is 0.344. The summed E-state index contributed by atoms with van der Waals surface area (Å²) in [6.45, 7) is 1.68. The summed E-state index contributed by atoms with van der Waals surface area (Å²) in [4.78, 5) is 2.12. The van der Waals surface area contributed by atoms with E-state index in [0.29, 0.717) is 6.42 Å². The van der Waals surface area contributed by atoms with Gasteiger partial charge in [0.15, 0.2) is 0 Å². The van der Waals surface area contributed by atoms with Gasteiger partial charge < -0.3 is 9.45 Å². The molecule has 0 fully saturated rings. The van der Waals surface area contributed by atoms with Gasteiger partial charge in [0.25, 0.3) is 0 Å². The van der Waals surface area contributed by atoms with Crippen molar-refractivity contribution in [1.82, 2.24) is 4.90 Å². The van der Waals surface area contributed by atoms with Crippen molar-refractivity contribution < 1.29 is 31.8 Å². The molecule has 0 spiro atoms. The minimum atomic E-state index is -4.04. The molecule has 1 aromatic rings. The number of thiophene rings is 1. The fourth-order valence-electron chi connectivity index (χ4n) is 1.43. The fourth-order valence-corrected chi connectivity index (χ4v) is 2.65. The first-order valence-corrected chi connectivity index (χ1v) is 7.62. The third-order valence-electron chi connectivity index (χ3n) is 2.22. The SMILES string of the molecule is CN(CCCCS(=O)(=O)[O-])Cc1ccsc1.[Li+]. The van der Waals surface area contributed by atoms with Crippen LogP contribution in [0, 0.1) is 0 Å². The average molecular weight is 269 g/mol. The van der Waals surface area contributed by atoms with Crippen LogP contribution in [0.3, 0.4) is 0 Å². The second-order valence-electron chi connectivity index (χ2n) is 3.84. The van der Waals surface area contributed by atoms with Gasteiger partial charge in [0.05, 0.1) is 10.1 Å². The fraction of sp³-hybridized carbons (Fsp3) is 0.600. The summed E-state index contributed by atoms with van der Waals surface area (Å²) in [5.74, 6) is -0.251. The van der Waals surface area contributed by atoms with Crippen molar-refractivity contribution in [2.45, 2.75) is 19.4 Å². The Kier molecular flexibility index (Phi) is 8.38. The van der Waals surface area contributed by atoms with Crippen LogP contribution in [0.1, 0.15) is 18.4 Å². The van der Waals surface area contributed by atoms with E-state index in [-0.39, 0.29) is 24.6 Å². The standard InChI is InChI=1S/C10H17NO3S2.Li/c1-11(8-10-4-6-15-9-10)5-2-3-7-16(12,13)14;/h4,6,9H,2-3,5,7-8H2,1H3,(H,12,13,14);/q;+1/p-1. The van der Waals surface area contributed by atoms with Crippen LogP contribution in [0.2, 0.25) is 0 Å². The molecular weight excluding hydrogens is 253 g/mol. The maximum absolute atomic E-state index is 10.4. The molecule has 0 radical (unpaired) electrons. The number of rotatable bonds is 7. The van der Waals surface area contributed by atoms with Gasteiger partial charge in [-0.1, -0.05) is 0 Å². The van der Waals surface area contributed by atoms with Gasteiger partial charge in [-0.2, -0.15) is 11.3 Å². The van der Waals surface area contributed by atoms with Crippen molar-refractivity contribution in [3.8, 4) is 0 Å². The van der Waals surface area contributed by atoms with Gasteiger partial charge in [-0.15, -0.1) is 0 Å². The summed E-state index contributed by atoms with van der Waals surface area (Å²) in [6.07, 6.45) is 1.18. The van der Waals surface area contributed by atoms with Crippen LogP contribution >= 0.6 is 11.3 Å². The van der Waals surface area contributed by atoms with Gasteiger partial charge in [-0.05, 0) is 48.8 Å². The molecule has 1 rings (SSSR count). The zero-order chi connectivity index (χ0) is 12.0. The first kappa shape index (κ1) is 17.2. The van der Waals surface area contributed by atoms with E-state index in [1.54, 1.807) is 11.3 Å². The van der Waals surface area contributed by atoms with Crippen LogP contribution in [-0.4, -0.2) is 37.2 Å². The van der Waals surface area contributed by atoms with Crippen LogP contribution in [0.4, 0.5) is 0 Å². The summed E-state index contributed by atoms with van der Waals surface area (Å²) < 4.78 is 31.1. The zero-order valence-corrected chi connectivity index (χ0v) is 11.9. The number of hydrogen-bond donors (Lipinski definition) is 0. The molecule has 92 valence electrons. The minimum absolute atomic E-state index is 0.